The van der Waals surface area contributed by atoms with Gasteiger partial charge in [-0.2, -0.15) is 0 Å². The molecule has 0 aromatic heterocycles. The Balaban J connectivity index is 1.22. The molecule has 3 fully saturated rings. The topological polar surface area (TPSA) is 79.2 Å². The fraction of sp³-hybridized carbons (Fsp3) is 0.667. The van der Waals surface area contributed by atoms with Crippen LogP contribution < -0.4 is 0 Å². The van der Waals surface area contributed by atoms with Crippen LogP contribution in [0.5, 0.6) is 0 Å². The third kappa shape index (κ3) is 4.53. The van der Waals surface area contributed by atoms with E-state index in [0.29, 0.717) is 17.9 Å². The van der Waals surface area contributed by atoms with Crippen molar-refractivity contribution in [1.29, 1.82) is 0 Å². The van der Waals surface area contributed by atoms with Gasteiger partial charge in [0.25, 0.3) is 5.69 Å². The lowest BCUT2D eigenvalue weighted by molar-refractivity contribution is -0.384. The molecule has 1 aromatic carbocycles. The summed E-state index contributed by atoms with van der Waals surface area (Å²) in [5.41, 5.74) is 0.822. The van der Waals surface area contributed by atoms with Crippen LogP contribution in [0.15, 0.2) is 24.3 Å². The molecule has 1 aromatic rings. The Bertz CT molecular complexity index is 756. The van der Waals surface area contributed by atoms with Crippen LogP contribution >= 0.6 is 0 Å². The first-order valence-electron chi connectivity index (χ1n) is 10.4. The molecule has 1 amide bonds. The number of non-ortho nitro benzene ring substituents is 1. The van der Waals surface area contributed by atoms with E-state index in [1.807, 2.05) is 32.9 Å². The molecule has 2 unspecified atom stereocenters. The molecule has 0 N–H and O–H groups in total. The number of carbonyl (C=O) groups is 1. The zero-order valence-corrected chi connectivity index (χ0v) is 17.4. The minimum absolute atomic E-state index is 0.142. The molecule has 0 aliphatic carbocycles. The molecule has 3 aliphatic rings. The highest BCUT2D eigenvalue weighted by molar-refractivity contribution is 5.69. The van der Waals surface area contributed by atoms with Crippen molar-refractivity contribution in [1.82, 2.24) is 14.7 Å². The van der Waals surface area contributed by atoms with Gasteiger partial charge in [-0.3, -0.25) is 19.9 Å². The number of nitro benzene ring substituents is 1. The van der Waals surface area contributed by atoms with Crippen molar-refractivity contribution in [2.24, 2.45) is 11.8 Å². The number of nitro groups is 1. The highest BCUT2D eigenvalue weighted by Crippen LogP contribution is 2.34. The molecule has 3 heterocycles. The van der Waals surface area contributed by atoms with Crippen LogP contribution in [0.4, 0.5) is 10.5 Å². The smallest absolute Gasteiger partial charge is 0.410 e. The molecule has 29 heavy (non-hydrogen) atoms. The Morgan fingerprint density at radius 1 is 1.07 bits per heavy atom. The number of fused-ring (bicyclic) bond motifs is 1. The van der Waals surface area contributed by atoms with E-state index in [1.165, 1.54) is 0 Å². The van der Waals surface area contributed by atoms with Gasteiger partial charge in [0, 0.05) is 64.0 Å². The van der Waals surface area contributed by atoms with Crippen molar-refractivity contribution in [2.45, 2.75) is 39.0 Å². The molecule has 0 spiro atoms. The van der Waals surface area contributed by atoms with Crippen LogP contribution in [0.1, 0.15) is 26.3 Å². The van der Waals surface area contributed by atoms with Gasteiger partial charge in [0.05, 0.1) is 4.92 Å². The molecule has 8 heteroatoms. The molecule has 158 valence electrons. The lowest BCUT2D eigenvalue weighted by Crippen LogP contribution is -2.61. The summed E-state index contributed by atoms with van der Waals surface area (Å²) in [5, 5.41) is 10.8. The summed E-state index contributed by atoms with van der Waals surface area (Å²) in [6.07, 6.45) is -0.206. The quantitative estimate of drug-likeness (QED) is 0.569. The molecule has 0 bridgehead atoms. The zero-order chi connectivity index (χ0) is 20.8. The highest BCUT2D eigenvalue weighted by Gasteiger charge is 2.45. The summed E-state index contributed by atoms with van der Waals surface area (Å²) in [6, 6.07) is 7.34. The largest absolute Gasteiger partial charge is 0.444 e. The van der Waals surface area contributed by atoms with Crippen LogP contribution in [-0.2, 0) is 11.3 Å². The Morgan fingerprint density at radius 2 is 1.66 bits per heavy atom. The molecule has 0 saturated carbocycles. The second kappa shape index (κ2) is 7.57. The van der Waals surface area contributed by atoms with Crippen LogP contribution in [0.3, 0.4) is 0 Å². The fourth-order valence-corrected chi connectivity index (χ4v) is 4.70. The lowest BCUT2D eigenvalue weighted by Gasteiger charge is -2.44. The van der Waals surface area contributed by atoms with Gasteiger partial charge < -0.3 is 9.64 Å². The van der Waals surface area contributed by atoms with Crippen molar-refractivity contribution in [3.05, 3.63) is 39.9 Å². The standard InChI is InChI=1S/C21H30N4O4/c1-21(2,3)29-20(26)24-13-19(14-24)23-11-16-9-22(10-17(16)12-23)8-15-4-6-18(7-5-15)25(27)28/h4-7,16-17,19H,8-14H2,1-3H3. The molecule has 4 rings (SSSR count). The molecular formula is C21H30N4O4. The maximum Gasteiger partial charge on any atom is 0.410 e. The van der Waals surface area contributed by atoms with Crippen molar-refractivity contribution >= 4 is 11.8 Å². The van der Waals surface area contributed by atoms with E-state index in [4.69, 9.17) is 4.74 Å². The van der Waals surface area contributed by atoms with Gasteiger partial charge in [0.15, 0.2) is 0 Å². The van der Waals surface area contributed by atoms with E-state index in [2.05, 4.69) is 9.80 Å². The van der Waals surface area contributed by atoms with Gasteiger partial charge in [0.2, 0.25) is 0 Å². The van der Waals surface area contributed by atoms with Crippen molar-refractivity contribution in [3.8, 4) is 0 Å². The average molecular weight is 402 g/mol. The number of amides is 1. The normalized spacial score (nSPS) is 25.7. The molecule has 8 nitrogen and oxygen atoms in total. The number of nitrogens with zero attached hydrogens (tertiary/aromatic N) is 4. The molecular weight excluding hydrogens is 372 g/mol. The molecule has 0 radical (unpaired) electrons. The monoisotopic (exact) mass is 402 g/mol. The molecule has 3 aliphatic heterocycles. The van der Waals surface area contributed by atoms with Gasteiger partial charge in [-0.05, 0) is 38.2 Å². The summed E-state index contributed by atoms with van der Waals surface area (Å²) in [4.78, 5) is 29.3. The first-order valence-corrected chi connectivity index (χ1v) is 10.4. The Hall–Kier alpha value is -2.19. The van der Waals surface area contributed by atoms with Gasteiger partial charge in [-0.15, -0.1) is 0 Å². The minimum atomic E-state index is -0.444. The van der Waals surface area contributed by atoms with Gasteiger partial charge in [-0.25, -0.2) is 4.79 Å². The number of hydrogen-bond acceptors (Lipinski definition) is 6. The van der Waals surface area contributed by atoms with Crippen LogP contribution in [0.25, 0.3) is 0 Å². The SMILES string of the molecule is CC(C)(C)OC(=O)N1CC(N2CC3CN(Cc4ccc([N+](=O)[O-])cc4)CC3C2)C1. The van der Waals surface area contributed by atoms with Crippen LogP contribution in [0.2, 0.25) is 0 Å². The van der Waals surface area contributed by atoms with E-state index < -0.39 is 5.60 Å². The van der Waals surface area contributed by atoms with Crippen LogP contribution in [-0.4, -0.2) is 76.6 Å². The van der Waals surface area contributed by atoms with Crippen LogP contribution in [0, 0.1) is 22.0 Å². The number of benzene rings is 1. The fourth-order valence-electron chi connectivity index (χ4n) is 4.70. The Kier molecular flexibility index (Phi) is 5.25. The average Bonchev–Trinajstić information content (AvgIpc) is 3.10. The number of ether oxygens (including phenoxy) is 1. The maximum atomic E-state index is 12.1. The van der Waals surface area contributed by atoms with E-state index in [9.17, 15) is 14.9 Å². The van der Waals surface area contributed by atoms with Gasteiger partial charge >= 0.3 is 6.09 Å². The summed E-state index contributed by atoms with van der Waals surface area (Å²) in [5.74, 6) is 1.34. The molecule has 3 saturated heterocycles. The summed E-state index contributed by atoms with van der Waals surface area (Å²) in [6.45, 7) is 12.4. The van der Waals surface area contributed by atoms with Gasteiger partial charge in [-0.1, -0.05) is 12.1 Å². The van der Waals surface area contributed by atoms with E-state index in [0.717, 1.165) is 51.4 Å². The zero-order valence-electron chi connectivity index (χ0n) is 17.4. The van der Waals surface area contributed by atoms with Crippen molar-refractivity contribution in [2.75, 3.05) is 39.3 Å². The number of hydrogen-bond donors (Lipinski definition) is 0. The number of carbonyl (C=O) groups excluding carboxylic acids is 1. The minimum Gasteiger partial charge on any atom is -0.444 e. The second-order valence-electron chi connectivity index (χ2n) is 9.63. The predicted octanol–water partition coefficient (Wildman–Crippen LogP) is 2.58. The summed E-state index contributed by atoms with van der Waals surface area (Å²) < 4.78 is 5.44. The third-order valence-corrected chi connectivity index (χ3v) is 6.17. The molecule has 2 atom stereocenters. The highest BCUT2D eigenvalue weighted by atomic mass is 16.6. The first-order chi connectivity index (χ1) is 13.7. The third-order valence-electron chi connectivity index (χ3n) is 6.17. The van der Waals surface area contributed by atoms with E-state index in [-0.39, 0.29) is 16.7 Å². The number of likely N-dealkylation sites (tertiary alicyclic amines) is 3. The van der Waals surface area contributed by atoms with Gasteiger partial charge in [0.1, 0.15) is 5.60 Å². The summed E-state index contributed by atoms with van der Waals surface area (Å²) >= 11 is 0. The first kappa shape index (κ1) is 20.1. The second-order valence-corrected chi connectivity index (χ2v) is 9.63. The Morgan fingerprint density at radius 3 is 2.17 bits per heavy atom. The van der Waals surface area contributed by atoms with Crippen molar-refractivity contribution < 1.29 is 14.5 Å². The van der Waals surface area contributed by atoms with E-state index in [1.54, 1.807) is 17.0 Å². The maximum absolute atomic E-state index is 12.1. The predicted molar refractivity (Wildman–Crippen MR) is 109 cm³/mol. The Labute approximate surface area is 171 Å². The van der Waals surface area contributed by atoms with E-state index >= 15 is 0 Å². The van der Waals surface area contributed by atoms with Crippen molar-refractivity contribution in [3.63, 3.8) is 0 Å². The lowest BCUT2D eigenvalue weighted by atomic mass is 10.0. The number of rotatable bonds is 4. The summed E-state index contributed by atoms with van der Waals surface area (Å²) in [7, 11) is 0.